The molecule has 0 fully saturated rings. The monoisotopic (exact) mass is 219 g/mol. The highest BCUT2D eigenvalue weighted by Gasteiger charge is 2.17. The maximum absolute atomic E-state index is 10.9. The van der Waals surface area contributed by atoms with E-state index >= 15 is 0 Å². The Kier molecular flexibility index (Phi) is 3.54. The van der Waals surface area contributed by atoms with Crippen LogP contribution in [0.1, 0.15) is 24.0 Å². The third-order valence-corrected chi connectivity index (χ3v) is 2.95. The summed E-state index contributed by atoms with van der Waals surface area (Å²) in [5, 5.41) is 0. The molecule has 1 aliphatic heterocycles. The Labute approximate surface area is 95.4 Å². The number of amides is 1. The molecule has 1 aromatic rings. The Morgan fingerprint density at radius 1 is 1.31 bits per heavy atom. The van der Waals surface area contributed by atoms with E-state index in [-0.39, 0.29) is 5.91 Å². The second kappa shape index (κ2) is 5.09. The van der Waals surface area contributed by atoms with E-state index in [1.165, 1.54) is 11.1 Å². The van der Waals surface area contributed by atoms with Crippen LogP contribution in [0.25, 0.3) is 0 Å². The van der Waals surface area contributed by atoms with Gasteiger partial charge in [-0.3, -0.25) is 15.1 Å². The number of hydrogen-bond donors (Lipinski definition) is 2. The number of nitrogens with two attached hydrogens (primary N) is 1. The Balaban J connectivity index is 1.77. The summed E-state index contributed by atoms with van der Waals surface area (Å²) in [4.78, 5) is 13.3. The topological polar surface area (TPSA) is 58.4 Å². The van der Waals surface area contributed by atoms with Crippen molar-refractivity contribution in [2.24, 2.45) is 5.84 Å². The Morgan fingerprint density at radius 3 is 2.50 bits per heavy atom. The van der Waals surface area contributed by atoms with Gasteiger partial charge in [0.15, 0.2) is 0 Å². The molecule has 0 saturated heterocycles. The molecule has 86 valence electrons. The van der Waals surface area contributed by atoms with E-state index in [1.54, 1.807) is 0 Å². The van der Waals surface area contributed by atoms with Crippen molar-refractivity contribution in [1.29, 1.82) is 0 Å². The summed E-state index contributed by atoms with van der Waals surface area (Å²) in [7, 11) is 0. The van der Waals surface area contributed by atoms with Gasteiger partial charge in [0.05, 0.1) is 0 Å². The predicted octanol–water partition coefficient (Wildman–Crippen LogP) is 0.772. The fourth-order valence-electron chi connectivity index (χ4n) is 2.10. The van der Waals surface area contributed by atoms with E-state index in [4.69, 9.17) is 5.84 Å². The van der Waals surface area contributed by atoms with Crippen LogP contribution < -0.4 is 11.3 Å². The minimum Gasteiger partial charge on any atom is -0.295 e. The first kappa shape index (κ1) is 11.1. The molecule has 0 aliphatic carbocycles. The van der Waals surface area contributed by atoms with Crippen LogP contribution in [0.4, 0.5) is 0 Å². The number of nitrogens with zero attached hydrogens (tertiary/aromatic N) is 1. The van der Waals surface area contributed by atoms with Crippen molar-refractivity contribution in [3.8, 4) is 0 Å². The lowest BCUT2D eigenvalue weighted by molar-refractivity contribution is -0.121. The lowest BCUT2D eigenvalue weighted by Crippen LogP contribution is -2.30. The number of hydrogen-bond acceptors (Lipinski definition) is 3. The maximum atomic E-state index is 10.9. The molecule has 1 amide bonds. The molecule has 1 aromatic carbocycles. The summed E-state index contributed by atoms with van der Waals surface area (Å²) in [5.41, 5.74) is 4.97. The van der Waals surface area contributed by atoms with Crippen LogP contribution in [0.15, 0.2) is 24.3 Å². The van der Waals surface area contributed by atoms with Crippen molar-refractivity contribution in [3.05, 3.63) is 35.4 Å². The molecule has 0 aromatic heterocycles. The molecule has 0 bridgehead atoms. The average molecular weight is 219 g/mol. The molecule has 4 nitrogen and oxygen atoms in total. The van der Waals surface area contributed by atoms with Crippen LogP contribution in [0.3, 0.4) is 0 Å². The molecule has 1 aliphatic rings. The normalized spacial score (nSPS) is 14.8. The van der Waals surface area contributed by atoms with Crippen molar-refractivity contribution in [3.63, 3.8) is 0 Å². The zero-order valence-corrected chi connectivity index (χ0v) is 9.28. The van der Waals surface area contributed by atoms with Gasteiger partial charge in [0.25, 0.3) is 0 Å². The number of carbonyl (C=O) groups excluding carboxylic acids is 1. The van der Waals surface area contributed by atoms with Crippen LogP contribution in [0.5, 0.6) is 0 Å². The summed E-state index contributed by atoms with van der Waals surface area (Å²) in [6.07, 6.45) is 1.36. The Morgan fingerprint density at radius 2 is 1.94 bits per heavy atom. The molecule has 0 atom stereocenters. The number of hydrazine groups is 1. The number of fused-ring (bicyclic) bond motifs is 1. The molecule has 0 saturated carbocycles. The maximum Gasteiger partial charge on any atom is 0.233 e. The number of nitrogens with one attached hydrogen (secondary N) is 1. The van der Waals surface area contributed by atoms with Gasteiger partial charge in [0.2, 0.25) is 5.91 Å². The van der Waals surface area contributed by atoms with Gasteiger partial charge in [-0.25, -0.2) is 5.84 Å². The van der Waals surface area contributed by atoms with E-state index < -0.39 is 0 Å². The van der Waals surface area contributed by atoms with Crippen LogP contribution in [0.2, 0.25) is 0 Å². The molecular weight excluding hydrogens is 202 g/mol. The summed E-state index contributed by atoms with van der Waals surface area (Å²) >= 11 is 0. The quantitative estimate of drug-likeness (QED) is 0.447. The predicted molar refractivity (Wildman–Crippen MR) is 62.1 cm³/mol. The van der Waals surface area contributed by atoms with Gasteiger partial charge >= 0.3 is 0 Å². The summed E-state index contributed by atoms with van der Waals surface area (Å²) in [6, 6.07) is 8.48. The summed E-state index contributed by atoms with van der Waals surface area (Å²) < 4.78 is 0. The second-order valence-corrected chi connectivity index (χ2v) is 4.15. The van der Waals surface area contributed by atoms with Crippen LogP contribution >= 0.6 is 0 Å². The highest BCUT2D eigenvalue weighted by Crippen LogP contribution is 2.22. The first-order valence-electron chi connectivity index (χ1n) is 5.58. The van der Waals surface area contributed by atoms with Crippen molar-refractivity contribution in [2.75, 3.05) is 6.54 Å². The summed E-state index contributed by atoms with van der Waals surface area (Å²) in [5.74, 6) is 4.94. The van der Waals surface area contributed by atoms with E-state index in [9.17, 15) is 4.79 Å². The van der Waals surface area contributed by atoms with Gasteiger partial charge in [-0.15, -0.1) is 0 Å². The third-order valence-electron chi connectivity index (χ3n) is 2.95. The molecular formula is C12H17N3O. The fourth-order valence-corrected chi connectivity index (χ4v) is 2.10. The molecule has 4 heteroatoms. The minimum absolute atomic E-state index is 0.0864. The fraction of sp³-hybridized carbons (Fsp3) is 0.417. The van der Waals surface area contributed by atoms with Gasteiger partial charge in [0, 0.05) is 19.5 Å². The first-order valence-corrected chi connectivity index (χ1v) is 5.58. The van der Waals surface area contributed by atoms with Crippen molar-refractivity contribution < 1.29 is 4.79 Å². The number of carbonyl (C=O) groups is 1. The molecule has 0 unspecified atom stereocenters. The first-order chi connectivity index (χ1) is 7.79. The van der Waals surface area contributed by atoms with Gasteiger partial charge < -0.3 is 0 Å². The molecule has 2 rings (SSSR count). The zero-order chi connectivity index (χ0) is 11.4. The molecule has 16 heavy (non-hydrogen) atoms. The molecule has 3 N–H and O–H groups in total. The molecule has 0 spiro atoms. The Bertz CT molecular complexity index is 353. The zero-order valence-electron chi connectivity index (χ0n) is 9.28. The van der Waals surface area contributed by atoms with Crippen molar-refractivity contribution >= 4 is 5.91 Å². The SMILES string of the molecule is NNC(=O)CCCN1Cc2ccccc2C1. The van der Waals surface area contributed by atoms with E-state index in [1.807, 2.05) is 0 Å². The highest BCUT2D eigenvalue weighted by molar-refractivity contribution is 5.75. The van der Waals surface area contributed by atoms with E-state index in [0.717, 1.165) is 26.1 Å². The largest absolute Gasteiger partial charge is 0.295 e. The highest BCUT2D eigenvalue weighted by atomic mass is 16.2. The smallest absolute Gasteiger partial charge is 0.233 e. The van der Waals surface area contributed by atoms with Crippen molar-refractivity contribution in [2.45, 2.75) is 25.9 Å². The second-order valence-electron chi connectivity index (χ2n) is 4.15. The minimum atomic E-state index is -0.0864. The van der Waals surface area contributed by atoms with Crippen LogP contribution in [-0.4, -0.2) is 17.4 Å². The lowest BCUT2D eigenvalue weighted by atomic mass is 10.1. The number of benzene rings is 1. The van der Waals surface area contributed by atoms with Gasteiger partial charge in [-0.1, -0.05) is 24.3 Å². The Hall–Kier alpha value is -1.39. The summed E-state index contributed by atoms with van der Waals surface area (Å²) in [6.45, 7) is 2.95. The van der Waals surface area contributed by atoms with Crippen LogP contribution in [0, 0.1) is 0 Å². The molecule has 0 radical (unpaired) electrons. The van der Waals surface area contributed by atoms with Crippen molar-refractivity contribution in [1.82, 2.24) is 10.3 Å². The van der Waals surface area contributed by atoms with E-state index in [0.29, 0.717) is 6.42 Å². The average Bonchev–Trinajstić information content (AvgIpc) is 2.71. The van der Waals surface area contributed by atoms with Gasteiger partial charge in [-0.2, -0.15) is 0 Å². The van der Waals surface area contributed by atoms with Gasteiger partial charge in [-0.05, 0) is 24.1 Å². The van der Waals surface area contributed by atoms with Gasteiger partial charge in [0.1, 0.15) is 0 Å². The van der Waals surface area contributed by atoms with Crippen LogP contribution in [-0.2, 0) is 17.9 Å². The molecule has 1 heterocycles. The standard InChI is InChI=1S/C12H17N3O/c13-14-12(16)6-3-7-15-8-10-4-1-2-5-11(10)9-15/h1-2,4-5H,3,6-9,13H2,(H,14,16). The van der Waals surface area contributed by atoms with E-state index in [2.05, 4.69) is 34.6 Å². The third kappa shape index (κ3) is 2.59. The number of rotatable bonds is 4. The lowest BCUT2D eigenvalue weighted by Gasteiger charge is -2.13.